The van der Waals surface area contributed by atoms with Crippen LogP contribution in [0.15, 0.2) is 18.2 Å². The maximum atomic E-state index is 10.9. The van der Waals surface area contributed by atoms with E-state index in [1.165, 1.54) is 0 Å². The van der Waals surface area contributed by atoms with E-state index in [0.717, 1.165) is 12.2 Å². The van der Waals surface area contributed by atoms with Gasteiger partial charge in [-0.1, -0.05) is 27.7 Å². The van der Waals surface area contributed by atoms with Gasteiger partial charge >= 0.3 is 5.97 Å². The van der Waals surface area contributed by atoms with Crippen molar-refractivity contribution in [1.29, 1.82) is 0 Å². The van der Waals surface area contributed by atoms with Crippen molar-refractivity contribution in [2.45, 2.75) is 27.7 Å². The van der Waals surface area contributed by atoms with Crippen LogP contribution in [0.4, 0.5) is 11.4 Å². The van der Waals surface area contributed by atoms with E-state index >= 15 is 0 Å². The third kappa shape index (κ3) is 2.15. The Morgan fingerprint density at radius 1 is 1.32 bits per heavy atom. The number of rotatable bonds is 4. The molecule has 0 radical (unpaired) electrons. The molecule has 0 unspecified atom stereocenters. The van der Waals surface area contributed by atoms with Crippen LogP contribution < -0.4 is 11.1 Å². The molecule has 0 heterocycles. The lowest BCUT2D eigenvalue weighted by atomic mass is 10.0. The molecule has 1 saturated carbocycles. The van der Waals surface area contributed by atoms with Crippen LogP contribution in [0.2, 0.25) is 0 Å². The minimum Gasteiger partial charge on any atom is -0.478 e. The first kappa shape index (κ1) is 13.7. The lowest BCUT2D eigenvalue weighted by Gasteiger charge is -2.09. The van der Waals surface area contributed by atoms with E-state index in [-0.39, 0.29) is 5.56 Å². The minimum absolute atomic E-state index is 0.151. The van der Waals surface area contributed by atoms with Gasteiger partial charge in [-0.15, -0.1) is 0 Å². The molecule has 1 aromatic carbocycles. The summed E-state index contributed by atoms with van der Waals surface area (Å²) in [5.74, 6) is -0.381. The highest BCUT2D eigenvalue weighted by molar-refractivity contribution is 5.94. The van der Waals surface area contributed by atoms with Crippen molar-refractivity contribution in [2.24, 2.45) is 16.7 Å². The van der Waals surface area contributed by atoms with Crippen LogP contribution >= 0.6 is 0 Å². The number of hydrogen-bond donors (Lipinski definition) is 3. The van der Waals surface area contributed by atoms with Gasteiger partial charge in [0.15, 0.2) is 0 Å². The van der Waals surface area contributed by atoms with Crippen molar-refractivity contribution in [3.05, 3.63) is 23.8 Å². The first-order valence-corrected chi connectivity index (χ1v) is 6.54. The number of carbonyl (C=O) groups is 1. The zero-order valence-electron chi connectivity index (χ0n) is 11.9. The monoisotopic (exact) mass is 262 g/mol. The molecule has 0 aromatic heterocycles. The van der Waals surface area contributed by atoms with Crippen molar-refractivity contribution in [3.63, 3.8) is 0 Å². The molecule has 1 aliphatic carbocycles. The van der Waals surface area contributed by atoms with E-state index < -0.39 is 5.97 Å². The summed E-state index contributed by atoms with van der Waals surface area (Å²) in [6.07, 6.45) is 0. The molecule has 1 aliphatic rings. The summed E-state index contributed by atoms with van der Waals surface area (Å²) in [5.41, 5.74) is 7.73. The van der Waals surface area contributed by atoms with Gasteiger partial charge in [0.2, 0.25) is 0 Å². The molecule has 4 heteroatoms. The summed E-state index contributed by atoms with van der Waals surface area (Å²) in [4.78, 5) is 10.9. The number of benzene rings is 1. The van der Waals surface area contributed by atoms with E-state index in [2.05, 4.69) is 33.0 Å². The SMILES string of the molecule is CC1(C)C(CNc2ccc(C(=O)O)c(N)c2)C1(C)C. The highest BCUT2D eigenvalue weighted by Gasteiger charge is 2.63. The summed E-state index contributed by atoms with van der Waals surface area (Å²) >= 11 is 0. The molecule has 0 spiro atoms. The molecule has 4 nitrogen and oxygen atoms in total. The average Bonchev–Trinajstić information content (AvgIpc) is 2.66. The van der Waals surface area contributed by atoms with E-state index in [4.69, 9.17) is 10.8 Å². The third-order valence-corrected chi connectivity index (χ3v) is 5.11. The van der Waals surface area contributed by atoms with Gasteiger partial charge in [0.05, 0.1) is 5.56 Å². The Morgan fingerprint density at radius 3 is 2.32 bits per heavy atom. The summed E-state index contributed by atoms with van der Waals surface area (Å²) in [6, 6.07) is 5.00. The highest BCUT2D eigenvalue weighted by Crippen LogP contribution is 2.68. The number of nitrogens with one attached hydrogen (secondary N) is 1. The molecular formula is C15H22N2O2. The van der Waals surface area contributed by atoms with E-state index in [9.17, 15) is 4.79 Å². The van der Waals surface area contributed by atoms with Crippen LogP contribution in [0, 0.1) is 16.7 Å². The Kier molecular flexibility index (Phi) is 3.00. The number of carboxylic acid groups (broad SMARTS) is 1. The molecule has 104 valence electrons. The Labute approximate surface area is 114 Å². The summed E-state index contributed by atoms with van der Waals surface area (Å²) in [7, 11) is 0. The second kappa shape index (κ2) is 4.15. The Bertz CT molecular complexity index is 507. The predicted octanol–water partition coefficient (Wildman–Crippen LogP) is 3.06. The van der Waals surface area contributed by atoms with Crippen molar-refractivity contribution in [3.8, 4) is 0 Å². The fourth-order valence-electron chi connectivity index (χ4n) is 2.93. The molecule has 0 bridgehead atoms. The van der Waals surface area contributed by atoms with Crippen molar-refractivity contribution < 1.29 is 9.90 Å². The van der Waals surface area contributed by atoms with Crippen LogP contribution in [-0.4, -0.2) is 17.6 Å². The molecule has 19 heavy (non-hydrogen) atoms. The standard InChI is InChI=1S/C15H22N2O2/c1-14(2)12(15(14,3)4)8-17-9-5-6-10(13(18)19)11(16)7-9/h5-7,12,17H,8,16H2,1-4H3,(H,18,19). The van der Waals surface area contributed by atoms with E-state index in [1.807, 2.05) is 0 Å². The van der Waals surface area contributed by atoms with E-state index in [1.54, 1.807) is 18.2 Å². The number of anilines is 2. The predicted molar refractivity (Wildman–Crippen MR) is 77.4 cm³/mol. The second-order valence-corrected chi connectivity index (χ2v) is 6.48. The smallest absolute Gasteiger partial charge is 0.337 e. The minimum atomic E-state index is -0.992. The van der Waals surface area contributed by atoms with Gasteiger partial charge in [-0.05, 0) is 34.9 Å². The first-order chi connectivity index (χ1) is 8.68. The van der Waals surface area contributed by atoms with Gasteiger partial charge < -0.3 is 16.2 Å². The van der Waals surface area contributed by atoms with Gasteiger partial charge in [-0.25, -0.2) is 4.79 Å². The zero-order chi connectivity index (χ0) is 14.4. The highest BCUT2D eigenvalue weighted by atomic mass is 16.4. The lowest BCUT2D eigenvalue weighted by Crippen LogP contribution is -2.09. The maximum Gasteiger partial charge on any atom is 0.337 e. The van der Waals surface area contributed by atoms with Crippen LogP contribution in [0.3, 0.4) is 0 Å². The fraction of sp³-hybridized carbons (Fsp3) is 0.533. The molecule has 1 fully saturated rings. The maximum absolute atomic E-state index is 10.9. The molecule has 0 atom stereocenters. The molecule has 0 saturated heterocycles. The summed E-state index contributed by atoms with van der Waals surface area (Å²) in [6.45, 7) is 10.00. The average molecular weight is 262 g/mol. The van der Waals surface area contributed by atoms with Crippen molar-refractivity contribution in [1.82, 2.24) is 0 Å². The van der Waals surface area contributed by atoms with Crippen molar-refractivity contribution in [2.75, 3.05) is 17.6 Å². The Morgan fingerprint density at radius 2 is 1.89 bits per heavy atom. The fourth-order valence-corrected chi connectivity index (χ4v) is 2.93. The number of aromatic carboxylic acids is 1. The molecule has 2 rings (SSSR count). The second-order valence-electron chi connectivity index (χ2n) is 6.48. The normalized spacial score (nSPS) is 20.0. The van der Waals surface area contributed by atoms with Crippen LogP contribution in [-0.2, 0) is 0 Å². The lowest BCUT2D eigenvalue weighted by molar-refractivity contribution is 0.0698. The quantitative estimate of drug-likeness (QED) is 0.729. The topological polar surface area (TPSA) is 75.3 Å². The third-order valence-electron chi connectivity index (χ3n) is 5.11. The number of hydrogen-bond acceptors (Lipinski definition) is 3. The van der Waals surface area contributed by atoms with Crippen LogP contribution in [0.25, 0.3) is 0 Å². The first-order valence-electron chi connectivity index (χ1n) is 6.54. The molecule has 0 aliphatic heterocycles. The van der Waals surface area contributed by atoms with Crippen LogP contribution in [0.1, 0.15) is 38.1 Å². The van der Waals surface area contributed by atoms with E-state index in [0.29, 0.717) is 22.4 Å². The molecule has 1 aromatic rings. The van der Waals surface area contributed by atoms with Gasteiger partial charge in [0, 0.05) is 17.9 Å². The molecule has 0 amide bonds. The Hall–Kier alpha value is -1.71. The number of nitrogen functional groups attached to an aromatic ring is 1. The number of nitrogens with two attached hydrogens (primary N) is 1. The molecular weight excluding hydrogens is 240 g/mol. The van der Waals surface area contributed by atoms with Crippen molar-refractivity contribution >= 4 is 17.3 Å². The van der Waals surface area contributed by atoms with Crippen LogP contribution in [0.5, 0.6) is 0 Å². The van der Waals surface area contributed by atoms with Gasteiger partial charge in [-0.3, -0.25) is 0 Å². The van der Waals surface area contributed by atoms with Gasteiger partial charge in [-0.2, -0.15) is 0 Å². The summed E-state index contributed by atoms with van der Waals surface area (Å²) in [5, 5.41) is 12.3. The zero-order valence-corrected chi connectivity index (χ0v) is 11.9. The largest absolute Gasteiger partial charge is 0.478 e. The van der Waals surface area contributed by atoms with Gasteiger partial charge in [0.25, 0.3) is 0 Å². The number of carboxylic acids is 1. The van der Waals surface area contributed by atoms with Gasteiger partial charge in [0.1, 0.15) is 0 Å². The molecule has 4 N–H and O–H groups in total. The summed E-state index contributed by atoms with van der Waals surface area (Å²) < 4.78 is 0. The Balaban J connectivity index is 2.02.